The number of aryl methyl sites for hydroxylation is 2. The van der Waals surface area contributed by atoms with Crippen molar-refractivity contribution in [2.24, 2.45) is 0 Å². The van der Waals surface area contributed by atoms with Crippen molar-refractivity contribution < 1.29 is 4.57 Å². The van der Waals surface area contributed by atoms with Gasteiger partial charge in [0.15, 0.2) is 0 Å². The molecule has 0 aromatic carbocycles. The Hall–Kier alpha value is -0.790. The lowest BCUT2D eigenvalue weighted by molar-refractivity contribution is -0.704. The summed E-state index contributed by atoms with van der Waals surface area (Å²) in [6, 6.07) is 0. The summed E-state index contributed by atoms with van der Waals surface area (Å²) in [4.78, 5) is 0. The average molecular weight is 462 g/mol. The Morgan fingerprint density at radius 2 is 0.939 bits per heavy atom. The molecular formula is C31H61N2+. The second kappa shape index (κ2) is 23.0. The van der Waals surface area contributed by atoms with Crippen molar-refractivity contribution in [2.45, 2.75) is 182 Å². The minimum absolute atomic E-state index is 1.21. The third kappa shape index (κ3) is 16.5. The molecule has 0 saturated heterocycles. The molecule has 2 heteroatoms. The van der Waals surface area contributed by atoms with Crippen molar-refractivity contribution in [3.05, 3.63) is 18.2 Å². The number of aromatic nitrogens is 2. The number of hydrogen-bond donors (Lipinski definition) is 0. The van der Waals surface area contributed by atoms with Crippen molar-refractivity contribution in [1.29, 1.82) is 0 Å². The van der Waals surface area contributed by atoms with Gasteiger partial charge in [-0.05, 0) is 32.1 Å². The first-order valence-electron chi connectivity index (χ1n) is 15.4. The number of unbranched alkanes of at least 4 members (excludes halogenated alkanes) is 19. The van der Waals surface area contributed by atoms with Crippen molar-refractivity contribution in [3.63, 3.8) is 0 Å². The van der Waals surface area contributed by atoms with Gasteiger partial charge in [-0.2, -0.15) is 0 Å². The predicted octanol–water partition coefficient (Wildman–Crippen LogP) is 9.96. The minimum atomic E-state index is 1.21. The summed E-state index contributed by atoms with van der Waals surface area (Å²) in [5.74, 6) is 1.59. The van der Waals surface area contributed by atoms with E-state index in [1.54, 1.807) is 5.82 Å². The maximum absolute atomic E-state index is 2.59. The molecule has 33 heavy (non-hydrogen) atoms. The van der Waals surface area contributed by atoms with Gasteiger partial charge in [0.1, 0.15) is 12.4 Å². The lowest BCUT2D eigenvalue weighted by Crippen LogP contribution is -2.37. The molecule has 0 bridgehead atoms. The molecular weight excluding hydrogens is 400 g/mol. The van der Waals surface area contributed by atoms with Crippen LogP contribution in [0.2, 0.25) is 0 Å². The number of rotatable bonds is 25. The molecule has 1 heterocycles. The third-order valence-electron chi connectivity index (χ3n) is 7.35. The molecule has 1 rings (SSSR count). The first kappa shape index (κ1) is 30.2. The molecule has 1 aromatic rings. The highest BCUT2D eigenvalue weighted by atomic mass is 15.1. The van der Waals surface area contributed by atoms with Gasteiger partial charge in [-0.3, -0.25) is 0 Å². The predicted molar refractivity (Wildman–Crippen MR) is 147 cm³/mol. The van der Waals surface area contributed by atoms with Crippen LogP contribution >= 0.6 is 0 Å². The summed E-state index contributed by atoms with van der Waals surface area (Å²) < 4.78 is 5.16. The lowest BCUT2D eigenvalue weighted by atomic mass is 10.0. The molecule has 0 aliphatic rings. The number of nitrogens with zero attached hydrogens (tertiary/aromatic N) is 2. The molecule has 0 saturated carbocycles. The van der Waals surface area contributed by atoms with Crippen LogP contribution in [-0.4, -0.2) is 4.57 Å². The summed E-state index contributed by atoms with van der Waals surface area (Å²) in [6.07, 6.45) is 37.1. The Labute approximate surface area is 208 Å². The van der Waals surface area contributed by atoms with Crippen molar-refractivity contribution in [1.82, 2.24) is 4.57 Å². The Morgan fingerprint density at radius 1 is 0.515 bits per heavy atom. The van der Waals surface area contributed by atoms with Crippen molar-refractivity contribution in [2.75, 3.05) is 0 Å². The van der Waals surface area contributed by atoms with Gasteiger partial charge in [0, 0.05) is 6.42 Å². The summed E-state index contributed by atoms with van der Waals surface area (Å²) in [5.41, 5.74) is 0. The summed E-state index contributed by atoms with van der Waals surface area (Å²) in [6.45, 7) is 9.36. The van der Waals surface area contributed by atoms with Crippen LogP contribution in [0.15, 0.2) is 12.4 Å². The van der Waals surface area contributed by atoms with E-state index in [2.05, 4.69) is 42.3 Å². The van der Waals surface area contributed by atoms with Crippen LogP contribution in [0.4, 0.5) is 0 Å². The van der Waals surface area contributed by atoms with E-state index in [4.69, 9.17) is 0 Å². The third-order valence-corrected chi connectivity index (χ3v) is 7.35. The van der Waals surface area contributed by atoms with E-state index < -0.39 is 0 Å². The highest BCUT2D eigenvalue weighted by molar-refractivity contribution is 4.84. The first-order chi connectivity index (χ1) is 16.3. The van der Waals surface area contributed by atoms with Crippen LogP contribution < -0.4 is 4.57 Å². The zero-order chi connectivity index (χ0) is 23.8. The SMILES string of the molecule is CCCCCCCCCCCCCCCCn1cc[n+](CCCCC)c1CCCCCCC. The highest BCUT2D eigenvalue weighted by Gasteiger charge is 2.16. The van der Waals surface area contributed by atoms with Gasteiger partial charge in [0.2, 0.25) is 0 Å². The molecule has 194 valence electrons. The van der Waals surface area contributed by atoms with Crippen molar-refractivity contribution >= 4 is 0 Å². The van der Waals surface area contributed by atoms with Gasteiger partial charge < -0.3 is 0 Å². The van der Waals surface area contributed by atoms with E-state index in [0.717, 1.165) is 0 Å². The Kier molecular flexibility index (Phi) is 21.1. The van der Waals surface area contributed by atoms with Gasteiger partial charge in [0.25, 0.3) is 5.82 Å². The highest BCUT2D eigenvalue weighted by Crippen LogP contribution is 2.14. The Morgan fingerprint density at radius 3 is 1.45 bits per heavy atom. The van der Waals surface area contributed by atoms with E-state index in [0.29, 0.717) is 0 Å². The van der Waals surface area contributed by atoms with Gasteiger partial charge >= 0.3 is 0 Å². The smallest absolute Gasteiger partial charge is 0.234 e. The Balaban J connectivity index is 2.15. The van der Waals surface area contributed by atoms with Gasteiger partial charge in [0.05, 0.1) is 13.1 Å². The Bertz CT molecular complexity index is 519. The zero-order valence-electron chi connectivity index (χ0n) is 23.2. The van der Waals surface area contributed by atoms with E-state index >= 15 is 0 Å². The van der Waals surface area contributed by atoms with Crippen LogP contribution in [0, 0.1) is 0 Å². The van der Waals surface area contributed by atoms with E-state index in [9.17, 15) is 0 Å². The number of imidazole rings is 1. The molecule has 0 N–H and O–H groups in total. The zero-order valence-corrected chi connectivity index (χ0v) is 23.2. The molecule has 0 amide bonds. The van der Waals surface area contributed by atoms with Crippen LogP contribution in [0.1, 0.15) is 168 Å². The molecule has 0 atom stereocenters. The van der Waals surface area contributed by atoms with Crippen LogP contribution in [-0.2, 0) is 19.5 Å². The molecule has 0 fully saturated rings. The molecule has 1 aromatic heterocycles. The summed E-state index contributed by atoms with van der Waals surface area (Å²) in [5, 5.41) is 0. The summed E-state index contributed by atoms with van der Waals surface area (Å²) >= 11 is 0. The fourth-order valence-electron chi connectivity index (χ4n) is 5.09. The average Bonchev–Trinajstić information content (AvgIpc) is 3.20. The lowest BCUT2D eigenvalue weighted by Gasteiger charge is -2.06. The van der Waals surface area contributed by atoms with Gasteiger partial charge in [-0.15, -0.1) is 0 Å². The van der Waals surface area contributed by atoms with Crippen LogP contribution in [0.5, 0.6) is 0 Å². The molecule has 0 spiro atoms. The fraction of sp³-hybridized carbons (Fsp3) is 0.903. The first-order valence-corrected chi connectivity index (χ1v) is 15.4. The topological polar surface area (TPSA) is 8.81 Å². The van der Waals surface area contributed by atoms with E-state index in [1.807, 2.05) is 0 Å². The largest absolute Gasteiger partial charge is 0.256 e. The standard InChI is InChI=1S/C31H61N2/c1-4-7-10-12-13-14-15-16-17-18-19-20-22-25-28-33-30-29-32(27-24-9-6-3)31(33)26-23-21-11-8-5-2/h29-30H,4-28H2,1-3H3/q+1. The maximum atomic E-state index is 2.59. The molecule has 0 radical (unpaired) electrons. The van der Waals surface area contributed by atoms with Gasteiger partial charge in [-0.25, -0.2) is 9.13 Å². The number of hydrogen-bond acceptors (Lipinski definition) is 0. The molecule has 2 nitrogen and oxygen atoms in total. The fourth-order valence-corrected chi connectivity index (χ4v) is 5.09. The second-order valence-electron chi connectivity index (χ2n) is 10.6. The molecule has 0 aliphatic carbocycles. The van der Waals surface area contributed by atoms with E-state index in [-0.39, 0.29) is 0 Å². The summed E-state index contributed by atoms with van der Waals surface area (Å²) in [7, 11) is 0. The minimum Gasteiger partial charge on any atom is -0.234 e. The second-order valence-corrected chi connectivity index (χ2v) is 10.6. The van der Waals surface area contributed by atoms with Crippen LogP contribution in [0.3, 0.4) is 0 Å². The monoisotopic (exact) mass is 461 g/mol. The van der Waals surface area contributed by atoms with Crippen molar-refractivity contribution in [3.8, 4) is 0 Å². The molecule has 0 aliphatic heterocycles. The van der Waals surface area contributed by atoms with E-state index in [1.165, 1.54) is 161 Å². The van der Waals surface area contributed by atoms with Crippen LogP contribution in [0.25, 0.3) is 0 Å². The maximum Gasteiger partial charge on any atom is 0.256 e. The quantitative estimate of drug-likeness (QED) is 0.101. The molecule has 0 unspecified atom stereocenters. The van der Waals surface area contributed by atoms with Gasteiger partial charge in [-0.1, -0.05) is 130 Å². The normalized spacial score (nSPS) is 11.5.